The summed E-state index contributed by atoms with van der Waals surface area (Å²) in [5.41, 5.74) is 1.18. The second-order valence-corrected chi connectivity index (χ2v) is 8.51. The molecule has 0 radical (unpaired) electrons. The van der Waals surface area contributed by atoms with Gasteiger partial charge in [-0.3, -0.25) is 10.4 Å². The second-order valence-electron chi connectivity index (χ2n) is 7.42. The highest BCUT2D eigenvalue weighted by Crippen LogP contribution is 2.32. The SMILES string of the molecule is CCc1nc(C2CCN(C(=O)Nc3nc4c(s3)CC(C)CC4)CC2)n[nH]1. The maximum Gasteiger partial charge on any atom is 0.323 e. The molecule has 3 heterocycles. The molecule has 140 valence electrons. The highest BCUT2D eigenvalue weighted by molar-refractivity contribution is 7.15. The van der Waals surface area contributed by atoms with Gasteiger partial charge in [-0.25, -0.2) is 14.8 Å². The van der Waals surface area contributed by atoms with Crippen LogP contribution in [0.15, 0.2) is 0 Å². The van der Waals surface area contributed by atoms with E-state index in [2.05, 4.69) is 39.3 Å². The first-order valence-corrected chi connectivity index (χ1v) is 10.4. The number of hydrogen-bond donors (Lipinski definition) is 2. The van der Waals surface area contributed by atoms with Crippen molar-refractivity contribution in [2.45, 2.75) is 58.3 Å². The third-order valence-corrected chi connectivity index (χ3v) is 6.47. The largest absolute Gasteiger partial charge is 0.324 e. The number of aromatic amines is 1. The van der Waals surface area contributed by atoms with Gasteiger partial charge in [0.05, 0.1) is 5.69 Å². The van der Waals surface area contributed by atoms with Crippen molar-refractivity contribution in [3.63, 3.8) is 0 Å². The van der Waals surface area contributed by atoms with Crippen LogP contribution in [0.4, 0.5) is 9.93 Å². The number of piperidine rings is 1. The van der Waals surface area contributed by atoms with Crippen LogP contribution in [0.25, 0.3) is 0 Å². The zero-order valence-corrected chi connectivity index (χ0v) is 16.2. The number of H-pyrrole nitrogens is 1. The quantitative estimate of drug-likeness (QED) is 0.862. The van der Waals surface area contributed by atoms with E-state index in [9.17, 15) is 4.79 Å². The number of nitrogens with one attached hydrogen (secondary N) is 2. The lowest BCUT2D eigenvalue weighted by Gasteiger charge is -2.30. The molecule has 0 spiro atoms. The van der Waals surface area contributed by atoms with Gasteiger partial charge in [0.15, 0.2) is 11.0 Å². The number of likely N-dealkylation sites (tertiary alicyclic amines) is 1. The number of carbonyl (C=O) groups excluding carboxylic acids is 1. The van der Waals surface area contributed by atoms with Crippen molar-refractivity contribution in [1.29, 1.82) is 0 Å². The Balaban J connectivity index is 1.32. The molecule has 2 aliphatic rings. The van der Waals surface area contributed by atoms with Crippen LogP contribution in [-0.4, -0.2) is 44.2 Å². The highest BCUT2D eigenvalue weighted by atomic mass is 32.1. The van der Waals surface area contributed by atoms with Crippen LogP contribution in [0.5, 0.6) is 0 Å². The van der Waals surface area contributed by atoms with Crippen molar-refractivity contribution in [2.24, 2.45) is 5.92 Å². The van der Waals surface area contributed by atoms with Gasteiger partial charge < -0.3 is 4.90 Å². The van der Waals surface area contributed by atoms with E-state index >= 15 is 0 Å². The Bertz CT molecular complexity index is 776. The van der Waals surface area contributed by atoms with E-state index in [-0.39, 0.29) is 6.03 Å². The van der Waals surface area contributed by atoms with Gasteiger partial charge in [0.1, 0.15) is 5.82 Å². The van der Waals surface area contributed by atoms with Gasteiger partial charge in [-0.2, -0.15) is 5.10 Å². The van der Waals surface area contributed by atoms with Gasteiger partial charge in [0.25, 0.3) is 0 Å². The molecule has 1 aliphatic carbocycles. The molecule has 1 aliphatic heterocycles. The third-order valence-electron chi connectivity index (χ3n) is 5.43. The van der Waals surface area contributed by atoms with Crippen LogP contribution >= 0.6 is 11.3 Å². The normalized spacial score (nSPS) is 20.8. The summed E-state index contributed by atoms with van der Waals surface area (Å²) >= 11 is 1.64. The lowest BCUT2D eigenvalue weighted by molar-refractivity contribution is 0.193. The summed E-state index contributed by atoms with van der Waals surface area (Å²) in [5.74, 6) is 2.88. The molecule has 0 bridgehead atoms. The average molecular weight is 375 g/mol. The Hall–Kier alpha value is -1.96. The minimum atomic E-state index is -0.0353. The Morgan fingerprint density at radius 1 is 1.31 bits per heavy atom. The molecule has 1 fully saturated rings. The smallest absolute Gasteiger partial charge is 0.323 e. The minimum Gasteiger partial charge on any atom is -0.324 e. The summed E-state index contributed by atoms with van der Waals surface area (Å²) in [6.45, 7) is 5.81. The molecule has 2 aromatic rings. The molecule has 0 aromatic carbocycles. The van der Waals surface area contributed by atoms with Crippen LogP contribution < -0.4 is 5.32 Å². The number of rotatable bonds is 3. The Morgan fingerprint density at radius 3 is 2.85 bits per heavy atom. The zero-order valence-electron chi connectivity index (χ0n) is 15.4. The van der Waals surface area contributed by atoms with Crippen molar-refractivity contribution in [1.82, 2.24) is 25.1 Å². The van der Waals surface area contributed by atoms with Crippen LogP contribution in [0.1, 0.15) is 61.2 Å². The van der Waals surface area contributed by atoms with Crippen LogP contribution in [-0.2, 0) is 19.3 Å². The second kappa shape index (κ2) is 7.34. The molecule has 1 atom stereocenters. The maximum absolute atomic E-state index is 12.6. The summed E-state index contributed by atoms with van der Waals surface area (Å²) in [7, 11) is 0. The van der Waals surface area contributed by atoms with E-state index < -0.39 is 0 Å². The number of thiazole rings is 1. The molecular formula is C18H26N6OS. The first-order valence-electron chi connectivity index (χ1n) is 9.58. The lowest BCUT2D eigenvalue weighted by Crippen LogP contribution is -2.40. The standard InChI is InChI=1S/C18H26N6OS/c1-3-15-20-16(23-22-15)12-6-8-24(9-7-12)18(25)21-17-19-13-5-4-11(2)10-14(13)26-17/h11-12H,3-10H2,1-2H3,(H,19,21,25)(H,20,22,23). The topological polar surface area (TPSA) is 86.8 Å². The number of aryl methyl sites for hydroxylation is 2. The van der Waals surface area contributed by atoms with Gasteiger partial charge in [0, 0.05) is 30.3 Å². The van der Waals surface area contributed by atoms with Crippen LogP contribution in [0.3, 0.4) is 0 Å². The van der Waals surface area contributed by atoms with Gasteiger partial charge in [-0.15, -0.1) is 11.3 Å². The van der Waals surface area contributed by atoms with Crippen LogP contribution in [0.2, 0.25) is 0 Å². The molecule has 0 saturated carbocycles. The maximum atomic E-state index is 12.6. The summed E-state index contributed by atoms with van der Waals surface area (Å²) in [6, 6.07) is -0.0353. The zero-order chi connectivity index (χ0) is 18.1. The van der Waals surface area contributed by atoms with Gasteiger partial charge in [-0.1, -0.05) is 13.8 Å². The van der Waals surface area contributed by atoms with E-state index in [4.69, 9.17) is 0 Å². The van der Waals surface area contributed by atoms with E-state index in [1.54, 1.807) is 11.3 Å². The van der Waals surface area contributed by atoms with E-state index in [1.807, 2.05) is 4.90 Å². The number of aromatic nitrogens is 4. The molecule has 1 saturated heterocycles. The molecule has 26 heavy (non-hydrogen) atoms. The van der Waals surface area contributed by atoms with Gasteiger partial charge >= 0.3 is 6.03 Å². The van der Waals surface area contributed by atoms with Crippen molar-refractivity contribution >= 4 is 22.5 Å². The lowest BCUT2D eigenvalue weighted by atomic mass is 9.93. The summed E-state index contributed by atoms with van der Waals surface area (Å²) in [4.78, 5) is 25.0. The summed E-state index contributed by atoms with van der Waals surface area (Å²) in [5, 5.41) is 11.1. The fourth-order valence-corrected chi connectivity index (χ4v) is 4.92. The van der Waals surface area contributed by atoms with Crippen molar-refractivity contribution < 1.29 is 4.79 Å². The fourth-order valence-electron chi connectivity index (χ4n) is 3.76. The van der Waals surface area contributed by atoms with Crippen molar-refractivity contribution in [3.8, 4) is 0 Å². The number of urea groups is 1. The highest BCUT2D eigenvalue weighted by Gasteiger charge is 2.27. The number of fused-ring (bicyclic) bond motifs is 1. The van der Waals surface area contributed by atoms with Gasteiger partial charge in [0.2, 0.25) is 0 Å². The number of nitrogens with zero attached hydrogens (tertiary/aromatic N) is 4. The number of carbonyl (C=O) groups is 1. The monoisotopic (exact) mass is 374 g/mol. The third kappa shape index (κ3) is 3.60. The number of amides is 2. The van der Waals surface area contributed by atoms with E-state index in [1.165, 1.54) is 17.0 Å². The Kier molecular flexibility index (Phi) is 4.93. The van der Waals surface area contributed by atoms with Gasteiger partial charge in [-0.05, 0) is 38.0 Å². The van der Waals surface area contributed by atoms with Crippen molar-refractivity contribution in [2.75, 3.05) is 18.4 Å². The summed E-state index contributed by atoms with van der Waals surface area (Å²) in [6.07, 6.45) is 5.99. The Morgan fingerprint density at radius 2 is 2.12 bits per heavy atom. The molecule has 2 aromatic heterocycles. The summed E-state index contributed by atoms with van der Waals surface area (Å²) < 4.78 is 0. The molecular weight excluding hydrogens is 348 g/mol. The fraction of sp³-hybridized carbons (Fsp3) is 0.667. The van der Waals surface area contributed by atoms with E-state index in [0.29, 0.717) is 5.92 Å². The molecule has 2 N–H and O–H groups in total. The van der Waals surface area contributed by atoms with Crippen molar-refractivity contribution in [3.05, 3.63) is 22.2 Å². The number of hydrogen-bond acceptors (Lipinski definition) is 5. The molecule has 7 nitrogen and oxygen atoms in total. The Labute approximate surface area is 157 Å². The predicted octanol–water partition coefficient (Wildman–Crippen LogP) is 3.36. The minimum absolute atomic E-state index is 0.0353. The molecule has 1 unspecified atom stereocenters. The average Bonchev–Trinajstić information content (AvgIpc) is 3.27. The number of anilines is 1. The molecule has 4 rings (SSSR count). The first-order chi connectivity index (χ1) is 12.6. The molecule has 8 heteroatoms. The predicted molar refractivity (Wildman–Crippen MR) is 102 cm³/mol. The van der Waals surface area contributed by atoms with Crippen LogP contribution in [0, 0.1) is 5.92 Å². The molecule has 2 amide bonds. The first kappa shape index (κ1) is 17.5. The van der Waals surface area contributed by atoms with E-state index in [0.717, 1.165) is 67.9 Å².